The first kappa shape index (κ1) is 47.5. The number of piperidine rings is 2. The Morgan fingerprint density at radius 3 is 2.51 bits per heavy atom. The molecule has 0 bridgehead atoms. The molecule has 69 heavy (non-hydrogen) atoms. The second kappa shape index (κ2) is 20.5. The molecule has 0 radical (unpaired) electrons. The summed E-state index contributed by atoms with van der Waals surface area (Å²) in [6.45, 7) is 5.51. The van der Waals surface area contributed by atoms with Crippen molar-refractivity contribution < 1.29 is 38.2 Å². The Kier molecular flexibility index (Phi) is 14.1. The summed E-state index contributed by atoms with van der Waals surface area (Å²) < 4.78 is 13.6. The van der Waals surface area contributed by atoms with Gasteiger partial charge in [0.2, 0.25) is 17.7 Å². The standard InChI is InChI=1S/C49H52N12O8/c1-49(2,58(3)22-24-68-23-20-52-39(63)27-53-36-13-7-12-35-40(36)48(67)60(47(35)66)37-18-19-38(62)56-45(37)64)25-31(26-50)46(65)59-21-8-9-32(28-59)61-44-41(43(51)54-29-55-44)42(57-61)30-14-16-34(17-15-30)69-33-10-5-4-6-11-33/h4-7,10-17,25,29,32,37,53H,8-9,18-24,27-28H2,1-3H3,(H,52,63)(H2,51,54,55)(H,56,62,64). The monoisotopic (exact) mass is 936 g/mol. The number of aromatic nitrogens is 4. The fourth-order valence-electron chi connectivity index (χ4n) is 8.63. The number of nitriles is 1. The van der Waals surface area contributed by atoms with E-state index in [1.807, 2.05) is 85.1 Å². The Bertz CT molecular complexity index is 2880. The van der Waals surface area contributed by atoms with E-state index >= 15 is 0 Å². The van der Waals surface area contributed by atoms with Crippen molar-refractivity contribution in [2.45, 2.75) is 57.2 Å². The number of anilines is 2. The number of hydrogen-bond donors (Lipinski definition) is 4. The average Bonchev–Trinajstić information content (AvgIpc) is 3.86. The fraction of sp³-hybridized carbons (Fsp3) is 0.347. The summed E-state index contributed by atoms with van der Waals surface area (Å²) >= 11 is 0. The van der Waals surface area contributed by atoms with Crippen molar-refractivity contribution in [1.29, 1.82) is 5.26 Å². The number of nitrogen functional groups attached to an aromatic ring is 1. The van der Waals surface area contributed by atoms with Crippen LogP contribution in [-0.2, 0) is 23.9 Å². The smallest absolute Gasteiger partial charge is 0.264 e. The second-order valence-corrected chi connectivity index (χ2v) is 17.5. The molecule has 2 fully saturated rings. The number of carbonyl (C=O) groups excluding carboxylic acids is 6. The number of nitrogens with two attached hydrogens (primary N) is 1. The summed E-state index contributed by atoms with van der Waals surface area (Å²) in [5.41, 5.74) is 8.10. The summed E-state index contributed by atoms with van der Waals surface area (Å²) in [4.78, 5) is 90.6. The van der Waals surface area contributed by atoms with Gasteiger partial charge in [-0.15, -0.1) is 0 Å². The van der Waals surface area contributed by atoms with Gasteiger partial charge in [0.05, 0.1) is 42.3 Å². The molecular weight excluding hydrogens is 885 g/mol. The van der Waals surface area contributed by atoms with Crippen molar-refractivity contribution in [1.82, 2.24) is 45.1 Å². The maximum Gasteiger partial charge on any atom is 0.264 e. The highest BCUT2D eigenvalue weighted by Gasteiger charge is 2.45. The molecule has 2 unspecified atom stereocenters. The predicted molar refractivity (Wildman–Crippen MR) is 252 cm³/mol. The zero-order valence-electron chi connectivity index (χ0n) is 38.4. The van der Waals surface area contributed by atoms with Crippen LogP contribution in [0.1, 0.15) is 66.3 Å². The number of benzene rings is 3. The number of para-hydroxylation sites is 1. The van der Waals surface area contributed by atoms with Crippen LogP contribution in [0.15, 0.2) is 90.8 Å². The Balaban J connectivity index is 0.811. The number of rotatable bonds is 17. The third kappa shape index (κ3) is 10.3. The number of likely N-dealkylation sites (N-methyl/N-ethyl adjacent to an activating group) is 1. The van der Waals surface area contributed by atoms with Crippen LogP contribution < -0.4 is 26.4 Å². The van der Waals surface area contributed by atoms with Crippen LogP contribution in [-0.4, -0.2) is 134 Å². The zero-order chi connectivity index (χ0) is 48.8. The molecule has 6 amide bonds. The molecule has 3 aliphatic heterocycles. The van der Waals surface area contributed by atoms with E-state index in [9.17, 15) is 34.0 Å². The Morgan fingerprint density at radius 1 is 0.986 bits per heavy atom. The molecule has 5 aromatic rings. The minimum Gasteiger partial charge on any atom is -0.457 e. The number of fused-ring (bicyclic) bond motifs is 2. The summed E-state index contributed by atoms with van der Waals surface area (Å²) in [5, 5.41) is 23.7. The second-order valence-electron chi connectivity index (χ2n) is 17.5. The van der Waals surface area contributed by atoms with Gasteiger partial charge >= 0.3 is 0 Å². The molecule has 0 saturated carbocycles. The normalized spacial score (nSPS) is 17.5. The third-order valence-corrected chi connectivity index (χ3v) is 12.5. The van der Waals surface area contributed by atoms with Gasteiger partial charge in [-0.25, -0.2) is 14.6 Å². The topological polar surface area (TPSA) is 260 Å². The van der Waals surface area contributed by atoms with E-state index in [4.69, 9.17) is 20.3 Å². The highest BCUT2D eigenvalue weighted by Crippen LogP contribution is 2.36. The van der Waals surface area contributed by atoms with E-state index < -0.39 is 35.2 Å². The lowest BCUT2D eigenvalue weighted by Gasteiger charge is -2.35. The van der Waals surface area contributed by atoms with Crippen molar-refractivity contribution in [3.63, 3.8) is 0 Å². The first-order valence-corrected chi connectivity index (χ1v) is 22.6. The first-order valence-electron chi connectivity index (χ1n) is 22.6. The summed E-state index contributed by atoms with van der Waals surface area (Å²) in [6.07, 6.45) is 4.52. The van der Waals surface area contributed by atoms with Gasteiger partial charge in [-0.1, -0.05) is 24.3 Å². The van der Waals surface area contributed by atoms with Crippen LogP contribution in [0.25, 0.3) is 22.3 Å². The van der Waals surface area contributed by atoms with Crippen molar-refractivity contribution in [2.24, 2.45) is 0 Å². The van der Waals surface area contributed by atoms with E-state index in [0.29, 0.717) is 55.1 Å². The minimum atomic E-state index is -1.10. The lowest BCUT2D eigenvalue weighted by Crippen LogP contribution is -2.54. The van der Waals surface area contributed by atoms with Crippen LogP contribution in [0.5, 0.6) is 11.5 Å². The Labute approximate surface area is 397 Å². The summed E-state index contributed by atoms with van der Waals surface area (Å²) in [7, 11) is 1.87. The van der Waals surface area contributed by atoms with Gasteiger partial charge in [-0.3, -0.25) is 43.9 Å². The SMILES string of the molecule is CN(CCOCCNC(=O)CNc1cccc2c1C(=O)N(C1CCC(=O)NC1=O)C2=O)C(C)(C)C=C(C#N)C(=O)N1CCCC(n2nc(-c3ccc(Oc4ccccc4)cc3)c3c(N)ncnc32)C1. The zero-order valence-corrected chi connectivity index (χ0v) is 38.4. The molecule has 2 saturated heterocycles. The molecule has 3 aromatic carbocycles. The summed E-state index contributed by atoms with van der Waals surface area (Å²) in [6, 6.07) is 22.4. The van der Waals surface area contributed by atoms with Gasteiger partial charge in [0, 0.05) is 49.4 Å². The van der Waals surface area contributed by atoms with Gasteiger partial charge in [-0.2, -0.15) is 10.4 Å². The number of likely N-dealkylation sites (tertiary alicyclic amines) is 1. The largest absolute Gasteiger partial charge is 0.457 e. The average molecular weight is 937 g/mol. The van der Waals surface area contributed by atoms with Gasteiger partial charge in [0.15, 0.2) is 5.65 Å². The van der Waals surface area contributed by atoms with Crippen LogP contribution in [0, 0.1) is 11.3 Å². The molecule has 0 spiro atoms. The molecule has 2 aromatic heterocycles. The summed E-state index contributed by atoms with van der Waals surface area (Å²) in [5.74, 6) is -1.59. The van der Waals surface area contributed by atoms with Crippen LogP contribution >= 0.6 is 0 Å². The number of carbonyl (C=O) groups is 6. The predicted octanol–water partition coefficient (Wildman–Crippen LogP) is 3.84. The highest BCUT2D eigenvalue weighted by molar-refractivity contribution is 6.25. The van der Waals surface area contributed by atoms with E-state index in [0.717, 1.165) is 22.6 Å². The molecule has 3 aliphatic rings. The molecule has 356 valence electrons. The number of amides is 6. The van der Waals surface area contributed by atoms with Crippen LogP contribution in [0.2, 0.25) is 0 Å². The maximum atomic E-state index is 14.0. The minimum absolute atomic E-state index is 0.00500. The molecule has 20 nitrogen and oxygen atoms in total. The quantitative estimate of drug-likeness (QED) is 0.0447. The molecule has 5 heterocycles. The lowest BCUT2D eigenvalue weighted by atomic mass is 9.98. The maximum absolute atomic E-state index is 14.0. The Morgan fingerprint density at radius 2 is 1.75 bits per heavy atom. The number of hydrogen-bond acceptors (Lipinski definition) is 15. The van der Waals surface area contributed by atoms with Crippen LogP contribution in [0.4, 0.5) is 11.5 Å². The van der Waals surface area contributed by atoms with E-state index in [1.54, 1.807) is 23.1 Å². The Hall–Kier alpha value is -8.02. The third-order valence-electron chi connectivity index (χ3n) is 12.5. The lowest BCUT2D eigenvalue weighted by molar-refractivity contribution is -0.136. The fourth-order valence-corrected chi connectivity index (χ4v) is 8.63. The van der Waals surface area contributed by atoms with Crippen molar-refractivity contribution in [2.75, 3.05) is 64.0 Å². The number of imide groups is 2. The molecule has 8 rings (SSSR count). The number of nitrogens with zero attached hydrogens (tertiary/aromatic N) is 8. The van der Waals surface area contributed by atoms with E-state index in [1.165, 1.54) is 12.4 Å². The van der Waals surface area contributed by atoms with Gasteiger partial charge in [0.25, 0.3) is 17.7 Å². The van der Waals surface area contributed by atoms with Crippen LogP contribution in [0.3, 0.4) is 0 Å². The molecule has 0 aliphatic carbocycles. The van der Waals surface area contributed by atoms with Gasteiger partial charge in [0.1, 0.15) is 47.0 Å². The molecule has 5 N–H and O–H groups in total. The van der Waals surface area contributed by atoms with Crippen molar-refractivity contribution in [3.8, 4) is 28.8 Å². The highest BCUT2D eigenvalue weighted by atomic mass is 16.5. The number of nitrogens with one attached hydrogen (secondary N) is 3. The number of ether oxygens (including phenoxy) is 2. The van der Waals surface area contributed by atoms with Crippen molar-refractivity contribution >= 4 is 58.0 Å². The van der Waals surface area contributed by atoms with Gasteiger partial charge < -0.3 is 30.7 Å². The van der Waals surface area contributed by atoms with E-state index in [-0.39, 0.29) is 78.6 Å². The molecule has 2 atom stereocenters. The van der Waals surface area contributed by atoms with Gasteiger partial charge in [-0.05, 0) is 94.8 Å². The van der Waals surface area contributed by atoms with Crippen molar-refractivity contribution in [3.05, 3.63) is 102 Å². The first-order chi connectivity index (χ1) is 33.2. The molecular formula is C49H52N12O8. The molecule has 20 heteroatoms. The van der Waals surface area contributed by atoms with E-state index in [2.05, 4.69) is 32.0 Å².